The summed E-state index contributed by atoms with van der Waals surface area (Å²) in [6.45, 7) is 2.69. The monoisotopic (exact) mass is 322 g/mol. The number of hydrogen-bond donors (Lipinski definition) is 1. The number of carbonyl (C=O) groups excluding carboxylic acids is 1. The number of nitrogens with one attached hydrogen (secondary N) is 1. The summed E-state index contributed by atoms with van der Waals surface area (Å²) in [6.07, 6.45) is 13.9. The zero-order valence-corrected chi connectivity index (χ0v) is 14.8. The fraction of sp³-hybridized carbons (Fsp3) is 0.947. The normalized spacial score (nSPS) is 28.5. The Morgan fingerprint density at radius 3 is 2.52 bits per heavy atom. The Balaban J connectivity index is 1.45. The Labute approximate surface area is 141 Å². The van der Waals surface area contributed by atoms with Crippen LogP contribution in [0.4, 0.5) is 0 Å². The molecule has 0 aromatic heterocycles. The smallest absolute Gasteiger partial charge is 0.228 e. The predicted octanol–water partition coefficient (Wildman–Crippen LogP) is 3.11. The van der Waals surface area contributed by atoms with E-state index in [1.54, 1.807) is 7.11 Å². The summed E-state index contributed by atoms with van der Waals surface area (Å²) in [5.74, 6) is 0.230. The number of nitrogens with zero attached hydrogens (tertiary/aromatic N) is 1. The Bertz CT molecular complexity index is 389. The Kier molecular flexibility index (Phi) is 5.97. The molecule has 132 valence electrons. The minimum Gasteiger partial charge on any atom is -0.384 e. The first-order valence-electron chi connectivity index (χ1n) is 9.78. The molecule has 0 aromatic carbocycles. The molecule has 23 heavy (non-hydrogen) atoms. The van der Waals surface area contributed by atoms with Crippen molar-refractivity contribution in [2.75, 3.05) is 26.8 Å². The Morgan fingerprint density at radius 2 is 1.87 bits per heavy atom. The van der Waals surface area contributed by atoms with E-state index in [0.717, 1.165) is 38.3 Å². The number of carbonyl (C=O) groups is 1. The van der Waals surface area contributed by atoms with Crippen LogP contribution < -0.4 is 5.32 Å². The molecule has 2 saturated carbocycles. The molecule has 1 aliphatic heterocycles. The van der Waals surface area contributed by atoms with Gasteiger partial charge < -0.3 is 10.1 Å². The molecule has 1 saturated heterocycles. The Hall–Kier alpha value is -0.610. The molecule has 3 rings (SSSR count). The van der Waals surface area contributed by atoms with Gasteiger partial charge in [-0.1, -0.05) is 25.7 Å². The first kappa shape index (κ1) is 17.2. The summed E-state index contributed by atoms with van der Waals surface area (Å²) in [5.41, 5.74) is -0.216. The summed E-state index contributed by atoms with van der Waals surface area (Å²) in [6, 6.07) is 1.51. The van der Waals surface area contributed by atoms with Crippen molar-refractivity contribution in [3.8, 4) is 0 Å². The van der Waals surface area contributed by atoms with Gasteiger partial charge in [-0.2, -0.15) is 0 Å². The van der Waals surface area contributed by atoms with Crippen LogP contribution in [0, 0.1) is 5.41 Å². The molecule has 0 unspecified atom stereocenters. The maximum absolute atomic E-state index is 12.5. The van der Waals surface area contributed by atoms with E-state index in [1.807, 2.05) is 0 Å². The van der Waals surface area contributed by atoms with Gasteiger partial charge >= 0.3 is 0 Å². The maximum Gasteiger partial charge on any atom is 0.228 e. The van der Waals surface area contributed by atoms with Crippen LogP contribution in [0.15, 0.2) is 0 Å². The first-order chi connectivity index (χ1) is 11.2. The lowest BCUT2D eigenvalue weighted by Gasteiger charge is -2.41. The average molecular weight is 322 g/mol. The molecule has 0 aromatic rings. The van der Waals surface area contributed by atoms with E-state index in [0.29, 0.717) is 12.6 Å². The third kappa shape index (κ3) is 3.90. The second-order valence-electron chi connectivity index (χ2n) is 7.94. The number of methoxy groups -OCH3 is 1. The van der Waals surface area contributed by atoms with Crippen LogP contribution in [0.5, 0.6) is 0 Å². The van der Waals surface area contributed by atoms with E-state index < -0.39 is 0 Å². The minimum atomic E-state index is -0.216. The van der Waals surface area contributed by atoms with Crippen molar-refractivity contribution in [3.05, 3.63) is 0 Å². The van der Waals surface area contributed by atoms with Crippen LogP contribution in [0.2, 0.25) is 0 Å². The molecule has 0 bridgehead atoms. The molecule has 0 radical (unpaired) electrons. The van der Waals surface area contributed by atoms with Gasteiger partial charge in [-0.15, -0.1) is 0 Å². The van der Waals surface area contributed by atoms with Gasteiger partial charge in [0.1, 0.15) is 0 Å². The van der Waals surface area contributed by atoms with E-state index in [-0.39, 0.29) is 11.3 Å². The van der Waals surface area contributed by atoms with Gasteiger partial charge in [-0.05, 0) is 51.5 Å². The molecule has 1 N–H and O–H groups in total. The number of amides is 1. The first-order valence-corrected chi connectivity index (χ1v) is 9.78. The fourth-order valence-electron chi connectivity index (χ4n) is 4.91. The van der Waals surface area contributed by atoms with Crippen molar-refractivity contribution in [2.24, 2.45) is 5.41 Å². The van der Waals surface area contributed by atoms with Crippen LogP contribution in [0.1, 0.15) is 70.6 Å². The summed E-state index contributed by atoms with van der Waals surface area (Å²) < 4.78 is 5.28. The molecule has 4 heteroatoms. The number of piperidine rings is 1. The third-order valence-corrected chi connectivity index (χ3v) is 6.44. The fourth-order valence-corrected chi connectivity index (χ4v) is 4.91. The summed E-state index contributed by atoms with van der Waals surface area (Å²) in [5, 5.41) is 3.22. The lowest BCUT2D eigenvalue weighted by Crippen LogP contribution is -2.50. The topological polar surface area (TPSA) is 41.6 Å². The van der Waals surface area contributed by atoms with Crippen LogP contribution in [0.3, 0.4) is 0 Å². The molecular formula is C19H34N2O2. The molecular weight excluding hydrogens is 288 g/mol. The zero-order valence-electron chi connectivity index (χ0n) is 14.8. The zero-order chi connectivity index (χ0) is 16.1. The average Bonchev–Trinajstić information content (AvgIpc) is 3.05. The van der Waals surface area contributed by atoms with Gasteiger partial charge in [-0.3, -0.25) is 9.69 Å². The van der Waals surface area contributed by atoms with Gasteiger partial charge in [0.05, 0.1) is 12.0 Å². The predicted molar refractivity (Wildman–Crippen MR) is 92.4 cm³/mol. The van der Waals surface area contributed by atoms with Crippen molar-refractivity contribution in [2.45, 2.75) is 82.7 Å². The largest absolute Gasteiger partial charge is 0.384 e. The van der Waals surface area contributed by atoms with Crippen molar-refractivity contribution >= 4 is 5.91 Å². The van der Waals surface area contributed by atoms with E-state index in [9.17, 15) is 4.79 Å². The molecule has 1 heterocycles. The van der Waals surface area contributed by atoms with Crippen molar-refractivity contribution < 1.29 is 9.53 Å². The van der Waals surface area contributed by atoms with Gasteiger partial charge in [0.2, 0.25) is 5.91 Å². The highest BCUT2D eigenvalue weighted by Gasteiger charge is 2.44. The van der Waals surface area contributed by atoms with E-state index in [4.69, 9.17) is 4.74 Å². The van der Waals surface area contributed by atoms with Crippen LogP contribution >= 0.6 is 0 Å². The van der Waals surface area contributed by atoms with Gasteiger partial charge in [0.15, 0.2) is 0 Å². The highest BCUT2D eigenvalue weighted by Crippen LogP contribution is 2.41. The quantitative estimate of drug-likeness (QED) is 0.783. The van der Waals surface area contributed by atoms with E-state index >= 15 is 0 Å². The van der Waals surface area contributed by atoms with Crippen molar-refractivity contribution in [1.29, 1.82) is 0 Å². The molecule has 1 atom stereocenters. The number of rotatable bonds is 7. The van der Waals surface area contributed by atoms with Gasteiger partial charge in [0, 0.05) is 25.7 Å². The molecule has 1 amide bonds. The third-order valence-electron chi connectivity index (χ3n) is 6.44. The number of hydrogen-bond acceptors (Lipinski definition) is 3. The lowest BCUT2D eigenvalue weighted by atomic mass is 9.68. The highest BCUT2D eigenvalue weighted by atomic mass is 16.5. The summed E-state index contributed by atoms with van der Waals surface area (Å²) >= 11 is 0. The Morgan fingerprint density at radius 1 is 1.13 bits per heavy atom. The van der Waals surface area contributed by atoms with Gasteiger partial charge in [-0.25, -0.2) is 0 Å². The second kappa shape index (κ2) is 7.98. The van der Waals surface area contributed by atoms with E-state index in [2.05, 4.69) is 10.2 Å². The molecule has 4 nitrogen and oxygen atoms in total. The molecule has 3 fully saturated rings. The van der Waals surface area contributed by atoms with Crippen molar-refractivity contribution in [3.63, 3.8) is 0 Å². The van der Waals surface area contributed by atoms with Crippen LogP contribution in [-0.4, -0.2) is 49.7 Å². The standard InChI is InChI=1S/C19H34N2O2/c1-23-15-19(11-6-12-19)18(22)20-13-10-17-9-4-5-14-21(17)16-7-2-3-8-16/h16-17H,2-15H2,1H3,(H,20,22)/t17-/m1/s1. The molecule has 0 spiro atoms. The number of likely N-dealkylation sites (tertiary alicyclic amines) is 1. The maximum atomic E-state index is 12.5. The molecule has 3 aliphatic rings. The summed E-state index contributed by atoms with van der Waals surface area (Å²) in [4.78, 5) is 15.3. The minimum absolute atomic E-state index is 0.216. The number of ether oxygens (including phenoxy) is 1. The van der Waals surface area contributed by atoms with Crippen LogP contribution in [-0.2, 0) is 9.53 Å². The molecule has 2 aliphatic carbocycles. The highest BCUT2D eigenvalue weighted by molar-refractivity contribution is 5.83. The van der Waals surface area contributed by atoms with Crippen LogP contribution in [0.25, 0.3) is 0 Å². The van der Waals surface area contributed by atoms with Crippen molar-refractivity contribution in [1.82, 2.24) is 10.2 Å². The van der Waals surface area contributed by atoms with Gasteiger partial charge in [0.25, 0.3) is 0 Å². The second-order valence-corrected chi connectivity index (χ2v) is 7.94. The SMILES string of the molecule is COCC1(C(=O)NCC[C@H]2CCCCN2C2CCCC2)CCC1. The summed E-state index contributed by atoms with van der Waals surface area (Å²) in [7, 11) is 1.70. The van der Waals surface area contributed by atoms with E-state index in [1.165, 1.54) is 51.5 Å². The lowest BCUT2D eigenvalue weighted by molar-refractivity contribution is -0.140.